The number of nitrogens with one attached hydrogen (secondary N) is 1. The molecule has 3 N–H and O–H groups in total. The van der Waals surface area contributed by atoms with Gasteiger partial charge in [0.05, 0.1) is 10.4 Å². The second-order valence-electron chi connectivity index (χ2n) is 4.84. The van der Waals surface area contributed by atoms with Gasteiger partial charge in [-0.05, 0) is 37.1 Å². The van der Waals surface area contributed by atoms with Gasteiger partial charge in [-0.15, -0.1) is 0 Å². The highest BCUT2D eigenvalue weighted by molar-refractivity contribution is 7.80. The number of carbonyl (C=O) groups excluding carboxylic acids is 1. The van der Waals surface area contributed by atoms with Gasteiger partial charge in [0.15, 0.2) is 0 Å². The molecule has 2 rings (SSSR count). The molecule has 0 aliphatic heterocycles. The third kappa shape index (κ3) is 2.31. The maximum atomic E-state index is 12.1. The molecule has 0 heterocycles. The monoisotopic (exact) mass is 263 g/mol. The van der Waals surface area contributed by atoms with Crippen molar-refractivity contribution in [1.82, 2.24) is 0 Å². The molecule has 1 aromatic rings. The molecule has 1 aliphatic carbocycles. The van der Waals surface area contributed by atoms with Crippen LogP contribution in [0.3, 0.4) is 0 Å². The van der Waals surface area contributed by atoms with E-state index < -0.39 is 5.41 Å². The number of amides is 1. The first-order valence-electron chi connectivity index (χ1n) is 5.84. The topological polar surface area (TPSA) is 58.4 Å². The lowest BCUT2D eigenvalue weighted by Gasteiger charge is -2.15. The average molecular weight is 263 g/mol. The number of nitrogens with two attached hydrogens (primary N) is 1. The normalized spacial score (nSPS) is 15.9. The molecule has 18 heavy (non-hydrogen) atoms. The van der Waals surface area contributed by atoms with Crippen LogP contribution in [0.25, 0.3) is 0 Å². The van der Waals surface area contributed by atoms with Crippen LogP contribution in [0.1, 0.15) is 12.8 Å². The Morgan fingerprint density at radius 2 is 1.89 bits per heavy atom. The largest absolute Gasteiger partial charge is 0.392 e. The molecule has 0 aromatic heterocycles. The Bertz CT molecular complexity index is 478. The van der Waals surface area contributed by atoms with Crippen LogP contribution in [-0.4, -0.2) is 25.0 Å². The van der Waals surface area contributed by atoms with Gasteiger partial charge in [-0.1, -0.05) is 12.2 Å². The van der Waals surface area contributed by atoms with Crippen LogP contribution >= 0.6 is 12.2 Å². The fraction of sp³-hybridized carbons (Fsp3) is 0.385. The van der Waals surface area contributed by atoms with Crippen molar-refractivity contribution in [3.05, 3.63) is 24.3 Å². The van der Waals surface area contributed by atoms with Crippen LogP contribution in [0.5, 0.6) is 0 Å². The lowest BCUT2D eigenvalue weighted by molar-refractivity contribution is -0.118. The van der Waals surface area contributed by atoms with Crippen molar-refractivity contribution in [2.75, 3.05) is 24.3 Å². The summed E-state index contributed by atoms with van der Waals surface area (Å²) in [6.45, 7) is 0. The Morgan fingerprint density at radius 3 is 2.28 bits per heavy atom. The number of rotatable bonds is 4. The molecule has 5 heteroatoms. The second kappa shape index (κ2) is 4.57. The SMILES string of the molecule is CN(C)c1ccc(NC(=O)C2(C(N)=S)CC2)cc1. The van der Waals surface area contributed by atoms with Crippen LogP contribution in [-0.2, 0) is 4.79 Å². The molecule has 0 atom stereocenters. The molecule has 1 aromatic carbocycles. The minimum absolute atomic E-state index is 0.0902. The van der Waals surface area contributed by atoms with Crippen molar-refractivity contribution in [2.24, 2.45) is 11.1 Å². The average Bonchev–Trinajstić information content (AvgIpc) is 3.10. The Hall–Kier alpha value is -1.62. The molecule has 1 saturated carbocycles. The van der Waals surface area contributed by atoms with Crippen molar-refractivity contribution in [3.63, 3.8) is 0 Å². The van der Waals surface area contributed by atoms with E-state index in [9.17, 15) is 4.79 Å². The van der Waals surface area contributed by atoms with E-state index in [1.54, 1.807) is 0 Å². The fourth-order valence-corrected chi connectivity index (χ4v) is 2.10. The van der Waals surface area contributed by atoms with E-state index in [0.717, 1.165) is 24.2 Å². The number of hydrogen-bond acceptors (Lipinski definition) is 3. The molecule has 0 spiro atoms. The van der Waals surface area contributed by atoms with Crippen LogP contribution in [0.4, 0.5) is 11.4 Å². The van der Waals surface area contributed by atoms with Gasteiger partial charge in [0.1, 0.15) is 0 Å². The number of nitrogens with zero attached hydrogens (tertiary/aromatic N) is 1. The first-order chi connectivity index (χ1) is 8.45. The number of anilines is 2. The molecule has 1 aliphatic rings. The molecule has 96 valence electrons. The zero-order valence-corrected chi connectivity index (χ0v) is 11.4. The fourth-order valence-electron chi connectivity index (χ4n) is 1.80. The molecule has 0 unspecified atom stereocenters. The van der Waals surface area contributed by atoms with Gasteiger partial charge in [0.2, 0.25) is 5.91 Å². The summed E-state index contributed by atoms with van der Waals surface area (Å²) in [7, 11) is 3.94. The Kier molecular flexibility index (Phi) is 3.26. The van der Waals surface area contributed by atoms with Crippen LogP contribution in [0.2, 0.25) is 0 Å². The van der Waals surface area contributed by atoms with Crippen LogP contribution in [0, 0.1) is 5.41 Å². The third-order valence-electron chi connectivity index (χ3n) is 3.30. The van der Waals surface area contributed by atoms with E-state index in [0.29, 0.717) is 4.99 Å². The van der Waals surface area contributed by atoms with Crippen molar-refractivity contribution < 1.29 is 4.79 Å². The molecule has 0 bridgehead atoms. The van der Waals surface area contributed by atoms with Crippen molar-refractivity contribution in [2.45, 2.75) is 12.8 Å². The van der Waals surface area contributed by atoms with Gasteiger partial charge in [0, 0.05) is 25.5 Å². The number of hydrogen-bond donors (Lipinski definition) is 2. The van der Waals surface area contributed by atoms with E-state index in [2.05, 4.69) is 5.32 Å². The van der Waals surface area contributed by atoms with Crippen molar-refractivity contribution in [1.29, 1.82) is 0 Å². The first kappa shape index (κ1) is 12.8. The van der Waals surface area contributed by atoms with Gasteiger partial charge in [-0.3, -0.25) is 4.79 Å². The van der Waals surface area contributed by atoms with Gasteiger partial charge >= 0.3 is 0 Å². The molecule has 1 fully saturated rings. The highest BCUT2D eigenvalue weighted by Crippen LogP contribution is 2.46. The minimum Gasteiger partial charge on any atom is -0.392 e. The predicted molar refractivity (Wildman–Crippen MR) is 77.9 cm³/mol. The Labute approximate surface area is 112 Å². The first-order valence-corrected chi connectivity index (χ1v) is 6.25. The summed E-state index contributed by atoms with van der Waals surface area (Å²) >= 11 is 4.95. The molecule has 0 saturated heterocycles. The quantitative estimate of drug-likeness (QED) is 0.813. The van der Waals surface area contributed by atoms with Gasteiger partial charge in [-0.25, -0.2) is 0 Å². The number of carbonyl (C=O) groups is 1. The summed E-state index contributed by atoms with van der Waals surface area (Å²) in [6, 6.07) is 7.66. The minimum atomic E-state index is -0.602. The summed E-state index contributed by atoms with van der Waals surface area (Å²) in [5, 5.41) is 2.87. The Morgan fingerprint density at radius 1 is 1.33 bits per heavy atom. The lowest BCUT2D eigenvalue weighted by atomic mass is 10.1. The number of benzene rings is 1. The molecular weight excluding hydrogens is 246 g/mol. The zero-order chi connectivity index (χ0) is 13.3. The van der Waals surface area contributed by atoms with E-state index in [1.807, 2.05) is 43.3 Å². The summed E-state index contributed by atoms with van der Waals surface area (Å²) in [5.41, 5.74) is 6.87. The molecule has 4 nitrogen and oxygen atoms in total. The van der Waals surface area contributed by atoms with Crippen molar-refractivity contribution in [3.8, 4) is 0 Å². The standard InChI is InChI=1S/C13H17N3OS/c1-16(2)10-5-3-9(4-6-10)15-12(17)13(7-8-13)11(14)18/h3-6H,7-8H2,1-2H3,(H2,14,18)(H,15,17). The summed E-state index contributed by atoms with van der Waals surface area (Å²) < 4.78 is 0. The highest BCUT2D eigenvalue weighted by atomic mass is 32.1. The Balaban J connectivity index is 2.06. The van der Waals surface area contributed by atoms with Gasteiger partial charge in [0.25, 0.3) is 0 Å². The summed E-state index contributed by atoms with van der Waals surface area (Å²) in [6.07, 6.45) is 1.51. The zero-order valence-electron chi connectivity index (χ0n) is 10.6. The predicted octanol–water partition coefficient (Wildman–Crippen LogP) is 1.76. The van der Waals surface area contributed by atoms with Gasteiger partial charge < -0.3 is 16.0 Å². The summed E-state index contributed by atoms with van der Waals surface area (Å²) in [5.74, 6) is -0.0902. The van der Waals surface area contributed by atoms with Gasteiger partial charge in [-0.2, -0.15) is 0 Å². The maximum Gasteiger partial charge on any atom is 0.237 e. The molecular formula is C13H17N3OS. The second-order valence-corrected chi connectivity index (χ2v) is 5.28. The summed E-state index contributed by atoms with van der Waals surface area (Å²) in [4.78, 5) is 14.4. The third-order valence-corrected chi connectivity index (χ3v) is 3.69. The van der Waals surface area contributed by atoms with Crippen molar-refractivity contribution >= 4 is 34.5 Å². The maximum absolute atomic E-state index is 12.1. The molecule has 0 radical (unpaired) electrons. The van der Waals surface area contributed by atoms with E-state index >= 15 is 0 Å². The smallest absolute Gasteiger partial charge is 0.237 e. The lowest BCUT2D eigenvalue weighted by Crippen LogP contribution is -2.34. The molecule has 1 amide bonds. The van der Waals surface area contributed by atoms with Crippen LogP contribution < -0.4 is 16.0 Å². The van der Waals surface area contributed by atoms with Crippen LogP contribution in [0.15, 0.2) is 24.3 Å². The highest BCUT2D eigenvalue weighted by Gasteiger charge is 2.52. The van der Waals surface area contributed by atoms with E-state index in [4.69, 9.17) is 18.0 Å². The van der Waals surface area contributed by atoms with E-state index in [1.165, 1.54) is 0 Å². The number of thiocarbonyl (C=S) groups is 1. The van der Waals surface area contributed by atoms with E-state index in [-0.39, 0.29) is 5.91 Å².